The van der Waals surface area contributed by atoms with Crippen LogP contribution in [0.4, 0.5) is 4.79 Å². The molecular formula is C16H16N2O6. The van der Waals surface area contributed by atoms with E-state index in [4.69, 9.17) is 9.84 Å². The van der Waals surface area contributed by atoms with E-state index in [-0.39, 0.29) is 18.7 Å². The Kier molecular flexibility index (Phi) is 3.88. The lowest BCUT2D eigenvalue weighted by Crippen LogP contribution is -2.36. The summed E-state index contributed by atoms with van der Waals surface area (Å²) in [6.45, 7) is 0.464. The lowest BCUT2D eigenvalue weighted by Gasteiger charge is -2.26. The molecule has 1 aliphatic rings. The van der Waals surface area contributed by atoms with Crippen molar-refractivity contribution < 1.29 is 29.3 Å². The van der Waals surface area contributed by atoms with Gasteiger partial charge in [-0.1, -0.05) is 0 Å². The molecule has 0 spiro atoms. The summed E-state index contributed by atoms with van der Waals surface area (Å²) in [4.78, 5) is 35.7. The van der Waals surface area contributed by atoms with Gasteiger partial charge in [0, 0.05) is 35.1 Å². The first-order chi connectivity index (χ1) is 11.4. The van der Waals surface area contributed by atoms with Crippen LogP contribution < -0.4 is 0 Å². The molecule has 0 aliphatic carbocycles. The maximum atomic E-state index is 11.8. The molecule has 3 rings (SSSR count). The topological polar surface area (TPSA) is 109 Å². The first kappa shape index (κ1) is 15.9. The number of aromatic carboxylic acids is 1. The number of carbonyl (C=O) groups is 3. The summed E-state index contributed by atoms with van der Waals surface area (Å²) < 4.78 is 6.42. The summed E-state index contributed by atoms with van der Waals surface area (Å²) in [5.74, 6) is -2.04. The van der Waals surface area contributed by atoms with Crippen molar-refractivity contribution in [3.05, 3.63) is 35.0 Å². The third-order valence-electron chi connectivity index (χ3n) is 4.23. The Bertz CT molecular complexity index is 854. The molecule has 0 bridgehead atoms. The van der Waals surface area contributed by atoms with Crippen LogP contribution >= 0.6 is 0 Å². The molecule has 0 saturated heterocycles. The number of aromatic nitrogens is 1. The predicted octanol–water partition coefficient (Wildman–Crippen LogP) is 1.55. The molecule has 8 nitrogen and oxygen atoms in total. The molecule has 24 heavy (non-hydrogen) atoms. The van der Waals surface area contributed by atoms with Gasteiger partial charge >= 0.3 is 18.0 Å². The number of carboxylic acids is 2. The highest BCUT2D eigenvalue weighted by atomic mass is 16.5. The summed E-state index contributed by atoms with van der Waals surface area (Å²) in [5, 5.41) is 19.0. The van der Waals surface area contributed by atoms with Crippen molar-refractivity contribution in [2.45, 2.75) is 19.5 Å². The standard InChI is InChI=1S/C16H16N2O6/c1-24-16(23)17-5-4-13-11(7-17)10-6-9(15(21)22)2-3-12(10)18(13)8-14(19)20/h2-3,6H,4-5,7-8H2,1H3,(H,19,20)(H,21,22). The van der Waals surface area contributed by atoms with Gasteiger partial charge < -0.3 is 24.4 Å². The van der Waals surface area contributed by atoms with E-state index in [9.17, 15) is 19.5 Å². The van der Waals surface area contributed by atoms with Crippen molar-refractivity contribution in [1.29, 1.82) is 0 Å². The molecule has 0 radical (unpaired) electrons. The Morgan fingerprint density at radius 1 is 1.25 bits per heavy atom. The molecular weight excluding hydrogens is 316 g/mol. The number of methoxy groups -OCH3 is 1. The summed E-state index contributed by atoms with van der Waals surface area (Å²) in [6.07, 6.45) is 0.0172. The zero-order valence-corrected chi connectivity index (χ0v) is 13.0. The SMILES string of the molecule is COC(=O)N1CCc2c(c3cc(C(=O)O)ccc3n2CC(=O)O)C1. The van der Waals surface area contributed by atoms with Gasteiger partial charge in [0.1, 0.15) is 6.54 Å². The van der Waals surface area contributed by atoms with Gasteiger partial charge in [0.2, 0.25) is 0 Å². The van der Waals surface area contributed by atoms with E-state index in [2.05, 4.69) is 0 Å². The molecule has 8 heteroatoms. The Hall–Kier alpha value is -3.03. The fourth-order valence-corrected chi connectivity index (χ4v) is 3.18. The molecule has 2 N–H and O–H groups in total. The number of hydrogen-bond acceptors (Lipinski definition) is 4. The van der Waals surface area contributed by atoms with Gasteiger partial charge in [0.15, 0.2) is 0 Å². The van der Waals surface area contributed by atoms with Crippen LogP contribution in [0.15, 0.2) is 18.2 Å². The zero-order chi connectivity index (χ0) is 17.4. The van der Waals surface area contributed by atoms with E-state index >= 15 is 0 Å². The van der Waals surface area contributed by atoms with Gasteiger partial charge in [-0.25, -0.2) is 9.59 Å². The monoisotopic (exact) mass is 332 g/mol. The molecule has 126 valence electrons. The second kappa shape index (κ2) is 5.88. The zero-order valence-electron chi connectivity index (χ0n) is 13.0. The van der Waals surface area contributed by atoms with E-state index in [1.165, 1.54) is 24.1 Å². The number of aliphatic carboxylic acids is 1. The van der Waals surface area contributed by atoms with Crippen LogP contribution in [0, 0.1) is 0 Å². The molecule has 1 amide bonds. The molecule has 0 fully saturated rings. The quantitative estimate of drug-likeness (QED) is 0.882. The first-order valence-corrected chi connectivity index (χ1v) is 7.34. The lowest BCUT2D eigenvalue weighted by molar-refractivity contribution is -0.137. The fourth-order valence-electron chi connectivity index (χ4n) is 3.18. The van der Waals surface area contributed by atoms with E-state index in [1.54, 1.807) is 10.6 Å². The third kappa shape index (κ3) is 2.55. The fraction of sp³-hybridized carbons (Fsp3) is 0.312. The second-order valence-electron chi connectivity index (χ2n) is 5.58. The molecule has 0 unspecified atom stereocenters. The van der Waals surface area contributed by atoms with Crippen LogP contribution in [0.25, 0.3) is 10.9 Å². The number of ether oxygens (including phenoxy) is 1. The highest BCUT2D eigenvalue weighted by molar-refractivity contribution is 5.96. The molecule has 2 aromatic rings. The number of carboxylic acid groups (broad SMARTS) is 2. The van der Waals surface area contributed by atoms with Gasteiger partial charge in [0.05, 0.1) is 19.2 Å². The van der Waals surface area contributed by atoms with Gasteiger partial charge in [0.25, 0.3) is 0 Å². The summed E-state index contributed by atoms with van der Waals surface area (Å²) in [6, 6.07) is 4.59. The average molecular weight is 332 g/mol. The van der Waals surface area contributed by atoms with Crippen molar-refractivity contribution in [3.8, 4) is 0 Å². The normalized spacial score (nSPS) is 13.6. The highest BCUT2D eigenvalue weighted by Gasteiger charge is 2.28. The largest absolute Gasteiger partial charge is 0.480 e. The Morgan fingerprint density at radius 3 is 2.62 bits per heavy atom. The number of benzene rings is 1. The van der Waals surface area contributed by atoms with Gasteiger partial charge in [-0.15, -0.1) is 0 Å². The predicted molar refractivity (Wildman–Crippen MR) is 83.1 cm³/mol. The first-order valence-electron chi connectivity index (χ1n) is 7.34. The number of hydrogen-bond donors (Lipinski definition) is 2. The van der Waals surface area contributed by atoms with Crippen LogP contribution in [0.2, 0.25) is 0 Å². The molecule has 1 aliphatic heterocycles. The molecule has 0 saturated carbocycles. The molecule has 2 heterocycles. The number of amides is 1. The van der Waals surface area contributed by atoms with Crippen LogP contribution in [0.5, 0.6) is 0 Å². The Morgan fingerprint density at radius 2 is 2.00 bits per heavy atom. The van der Waals surface area contributed by atoms with Crippen LogP contribution in [0.3, 0.4) is 0 Å². The second-order valence-corrected chi connectivity index (χ2v) is 5.58. The van der Waals surface area contributed by atoms with E-state index < -0.39 is 18.0 Å². The summed E-state index contributed by atoms with van der Waals surface area (Å²) >= 11 is 0. The molecule has 1 aromatic carbocycles. The maximum absolute atomic E-state index is 11.8. The minimum Gasteiger partial charge on any atom is -0.480 e. The van der Waals surface area contributed by atoms with Crippen molar-refractivity contribution in [3.63, 3.8) is 0 Å². The number of carbonyl (C=O) groups excluding carboxylic acids is 1. The molecule has 1 aromatic heterocycles. The summed E-state index contributed by atoms with van der Waals surface area (Å²) in [5.41, 5.74) is 2.35. The van der Waals surface area contributed by atoms with Crippen LogP contribution in [-0.2, 0) is 29.0 Å². The Labute approximate surface area is 136 Å². The smallest absolute Gasteiger partial charge is 0.409 e. The van der Waals surface area contributed by atoms with E-state index in [1.807, 2.05) is 0 Å². The Balaban J connectivity index is 2.18. The van der Waals surface area contributed by atoms with Gasteiger partial charge in [-0.2, -0.15) is 0 Å². The van der Waals surface area contributed by atoms with Crippen LogP contribution in [-0.4, -0.2) is 51.4 Å². The van der Waals surface area contributed by atoms with Crippen molar-refractivity contribution in [2.75, 3.05) is 13.7 Å². The van der Waals surface area contributed by atoms with Crippen molar-refractivity contribution in [1.82, 2.24) is 9.47 Å². The minimum absolute atomic E-state index is 0.118. The lowest BCUT2D eigenvalue weighted by atomic mass is 10.0. The average Bonchev–Trinajstić information content (AvgIpc) is 2.86. The maximum Gasteiger partial charge on any atom is 0.409 e. The summed E-state index contributed by atoms with van der Waals surface area (Å²) in [7, 11) is 1.30. The highest BCUT2D eigenvalue weighted by Crippen LogP contribution is 2.32. The van der Waals surface area contributed by atoms with E-state index in [0.717, 1.165) is 11.3 Å². The van der Waals surface area contributed by atoms with Gasteiger partial charge in [-0.05, 0) is 18.2 Å². The minimum atomic E-state index is -1.06. The number of fused-ring (bicyclic) bond motifs is 3. The third-order valence-corrected chi connectivity index (χ3v) is 4.23. The van der Waals surface area contributed by atoms with Crippen molar-refractivity contribution in [2.24, 2.45) is 0 Å². The molecule has 0 atom stereocenters. The van der Waals surface area contributed by atoms with Gasteiger partial charge in [-0.3, -0.25) is 4.79 Å². The van der Waals surface area contributed by atoms with E-state index in [0.29, 0.717) is 23.9 Å². The van der Waals surface area contributed by atoms with Crippen LogP contribution in [0.1, 0.15) is 21.6 Å². The van der Waals surface area contributed by atoms with Crippen molar-refractivity contribution >= 4 is 28.9 Å². The number of rotatable bonds is 3. The number of nitrogens with zero attached hydrogens (tertiary/aromatic N) is 2.